The Hall–Kier alpha value is -2.30. The number of anilines is 2. The predicted molar refractivity (Wildman–Crippen MR) is 81.4 cm³/mol. The lowest BCUT2D eigenvalue weighted by Gasteiger charge is -2.19. The Morgan fingerprint density at radius 2 is 1.90 bits per heavy atom. The first kappa shape index (κ1) is 14.1. The van der Waals surface area contributed by atoms with Gasteiger partial charge in [0.25, 0.3) is 0 Å². The van der Waals surface area contributed by atoms with Gasteiger partial charge in [0.15, 0.2) is 0 Å². The number of nitrogens with one attached hydrogen (secondary N) is 1. The van der Waals surface area contributed by atoms with Crippen LogP contribution >= 0.6 is 0 Å². The molecule has 5 heteroatoms. The third kappa shape index (κ3) is 3.38. The summed E-state index contributed by atoms with van der Waals surface area (Å²) < 4.78 is 5.16. The predicted octanol–water partition coefficient (Wildman–Crippen LogP) is 2.47. The van der Waals surface area contributed by atoms with Gasteiger partial charge in [-0.05, 0) is 24.6 Å². The van der Waals surface area contributed by atoms with Crippen LogP contribution in [0.4, 0.5) is 11.8 Å². The summed E-state index contributed by atoms with van der Waals surface area (Å²) in [7, 11) is 5.51. The second-order valence-electron chi connectivity index (χ2n) is 4.65. The van der Waals surface area contributed by atoms with E-state index in [-0.39, 0.29) is 0 Å². The van der Waals surface area contributed by atoms with E-state index in [0.717, 1.165) is 23.8 Å². The molecule has 0 amide bonds. The minimum atomic E-state index is 0.640. The largest absolute Gasteiger partial charge is 0.497 e. The summed E-state index contributed by atoms with van der Waals surface area (Å²) in [5.41, 5.74) is 2.15. The molecule has 1 heterocycles. The van der Waals surface area contributed by atoms with Gasteiger partial charge in [0.2, 0.25) is 5.95 Å². The van der Waals surface area contributed by atoms with E-state index in [2.05, 4.69) is 32.3 Å². The van der Waals surface area contributed by atoms with E-state index in [9.17, 15) is 0 Å². The topological polar surface area (TPSA) is 50.3 Å². The van der Waals surface area contributed by atoms with Crippen LogP contribution in [0.15, 0.2) is 30.3 Å². The van der Waals surface area contributed by atoms with E-state index in [1.165, 1.54) is 5.56 Å². The second-order valence-corrected chi connectivity index (χ2v) is 4.65. The molecule has 2 aromatic rings. The van der Waals surface area contributed by atoms with Crippen molar-refractivity contribution in [3.05, 3.63) is 41.6 Å². The van der Waals surface area contributed by atoms with E-state index in [1.807, 2.05) is 39.2 Å². The zero-order chi connectivity index (χ0) is 14.5. The average molecular weight is 272 g/mol. The number of methoxy groups -OCH3 is 1. The minimum Gasteiger partial charge on any atom is -0.497 e. The van der Waals surface area contributed by atoms with Gasteiger partial charge in [-0.25, -0.2) is 4.98 Å². The number of aryl methyl sites for hydroxylation is 1. The Labute approximate surface area is 119 Å². The molecule has 0 bridgehead atoms. The molecule has 2 rings (SSSR count). The van der Waals surface area contributed by atoms with Crippen LogP contribution in [0, 0.1) is 6.92 Å². The van der Waals surface area contributed by atoms with Gasteiger partial charge >= 0.3 is 0 Å². The maximum Gasteiger partial charge on any atom is 0.224 e. The van der Waals surface area contributed by atoms with Gasteiger partial charge in [0.1, 0.15) is 11.6 Å². The molecule has 1 N–H and O–H groups in total. The lowest BCUT2D eigenvalue weighted by molar-refractivity contribution is 0.414. The molecule has 0 atom stereocenters. The third-order valence-corrected chi connectivity index (χ3v) is 3.03. The summed E-state index contributed by atoms with van der Waals surface area (Å²) in [4.78, 5) is 10.9. The fourth-order valence-corrected chi connectivity index (χ4v) is 1.95. The molecular formula is C15H20N4O. The third-order valence-electron chi connectivity index (χ3n) is 3.03. The van der Waals surface area contributed by atoms with Crippen molar-refractivity contribution in [2.24, 2.45) is 0 Å². The first-order chi connectivity index (χ1) is 9.62. The first-order valence-electron chi connectivity index (χ1n) is 6.50. The summed E-state index contributed by atoms with van der Waals surface area (Å²) in [6.07, 6.45) is 0. The Bertz CT molecular complexity index is 569. The van der Waals surface area contributed by atoms with Crippen LogP contribution in [0.1, 0.15) is 11.3 Å². The highest BCUT2D eigenvalue weighted by Crippen LogP contribution is 2.17. The summed E-state index contributed by atoms with van der Waals surface area (Å²) in [6.45, 7) is 2.75. The number of hydrogen-bond donors (Lipinski definition) is 1. The summed E-state index contributed by atoms with van der Waals surface area (Å²) >= 11 is 0. The highest BCUT2D eigenvalue weighted by molar-refractivity contribution is 5.44. The molecular weight excluding hydrogens is 252 g/mol. The quantitative estimate of drug-likeness (QED) is 0.906. The standard InChI is InChI=1S/C15H20N4O/c1-11-9-14(18-15(16-2)17-11)19(3)10-12-5-7-13(20-4)8-6-12/h5-9H,10H2,1-4H3,(H,16,17,18). The van der Waals surface area contributed by atoms with Gasteiger partial charge < -0.3 is 15.0 Å². The van der Waals surface area contributed by atoms with Crippen LogP contribution in [0.25, 0.3) is 0 Å². The summed E-state index contributed by atoms with van der Waals surface area (Å²) in [6, 6.07) is 10.0. The normalized spacial score (nSPS) is 10.2. The molecule has 5 nitrogen and oxygen atoms in total. The van der Waals surface area contributed by atoms with Crippen LogP contribution in [0.2, 0.25) is 0 Å². The molecule has 0 unspecified atom stereocenters. The van der Waals surface area contributed by atoms with Crippen molar-refractivity contribution in [3.8, 4) is 5.75 Å². The summed E-state index contributed by atoms with van der Waals surface area (Å²) in [5.74, 6) is 2.41. The van der Waals surface area contributed by atoms with Gasteiger partial charge in [-0.1, -0.05) is 12.1 Å². The number of hydrogen-bond acceptors (Lipinski definition) is 5. The van der Waals surface area contributed by atoms with E-state index >= 15 is 0 Å². The van der Waals surface area contributed by atoms with Crippen LogP contribution < -0.4 is 15.0 Å². The molecule has 0 radical (unpaired) electrons. The van der Waals surface area contributed by atoms with Gasteiger partial charge in [-0.2, -0.15) is 4.98 Å². The lowest BCUT2D eigenvalue weighted by atomic mass is 10.2. The van der Waals surface area contributed by atoms with Crippen LogP contribution in [-0.4, -0.2) is 31.2 Å². The maximum atomic E-state index is 5.16. The monoisotopic (exact) mass is 272 g/mol. The van der Waals surface area contributed by atoms with Gasteiger partial charge in [-0.3, -0.25) is 0 Å². The number of aromatic nitrogens is 2. The lowest BCUT2D eigenvalue weighted by Crippen LogP contribution is -2.18. The van der Waals surface area contributed by atoms with Gasteiger partial charge in [-0.15, -0.1) is 0 Å². The van der Waals surface area contributed by atoms with Crippen molar-refractivity contribution in [3.63, 3.8) is 0 Å². The molecule has 0 saturated carbocycles. The number of nitrogens with zero attached hydrogens (tertiary/aromatic N) is 3. The molecule has 106 valence electrons. The van der Waals surface area contributed by atoms with Crippen LogP contribution in [0.3, 0.4) is 0 Å². The molecule has 0 aliphatic heterocycles. The fourth-order valence-electron chi connectivity index (χ4n) is 1.95. The van der Waals surface area contributed by atoms with Crippen molar-refractivity contribution < 1.29 is 4.74 Å². The molecule has 0 spiro atoms. The average Bonchev–Trinajstić information content (AvgIpc) is 2.47. The van der Waals surface area contributed by atoms with Crippen molar-refractivity contribution in [1.29, 1.82) is 0 Å². The molecule has 0 aliphatic carbocycles. The first-order valence-corrected chi connectivity index (χ1v) is 6.50. The highest BCUT2D eigenvalue weighted by atomic mass is 16.5. The SMILES string of the molecule is CNc1nc(C)cc(N(C)Cc2ccc(OC)cc2)n1. The van der Waals surface area contributed by atoms with Crippen molar-refractivity contribution in [2.75, 3.05) is 31.4 Å². The smallest absolute Gasteiger partial charge is 0.224 e. The van der Waals surface area contributed by atoms with Crippen molar-refractivity contribution in [2.45, 2.75) is 13.5 Å². The van der Waals surface area contributed by atoms with Gasteiger partial charge in [0, 0.05) is 32.4 Å². The van der Waals surface area contributed by atoms with E-state index in [1.54, 1.807) is 7.11 Å². The number of ether oxygens (including phenoxy) is 1. The minimum absolute atomic E-state index is 0.640. The summed E-state index contributed by atoms with van der Waals surface area (Å²) in [5, 5.41) is 2.98. The second kappa shape index (κ2) is 6.23. The molecule has 1 aromatic carbocycles. The number of benzene rings is 1. The van der Waals surface area contributed by atoms with Crippen molar-refractivity contribution in [1.82, 2.24) is 9.97 Å². The molecule has 1 aromatic heterocycles. The fraction of sp³-hybridized carbons (Fsp3) is 0.333. The molecule has 20 heavy (non-hydrogen) atoms. The Morgan fingerprint density at radius 1 is 1.20 bits per heavy atom. The van der Waals surface area contributed by atoms with Crippen LogP contribution in [-0.2, 0) is 6.54 Å². The zero-order valence-electron chi connectivity index (χ0n) is 12.3. The maximum absolute atomic E-state index is 5.16. The van der Waals surface area contributed by atoms with Gasteiger partial charge in [0.05, 0.1) is 7.11 Å². The molecule has 0 saturated heterocycles. The van der Waals surface area contributed by atoms with Crippen LogP contribution in [0.5, 0.6) is 5.75 Å². The van der Waals surface area contributed by atoms with E-state index in [4.69, 9.17) is 4.74 Å². The molecule has 0 aliphatic rings. The molecule has 0 fully saturated rings. The van der Waals surface area contributed by atoms with E-state index < -0.39 is 0 Å². The Kier molecular flexibility index (Phi) is 4.40. The number of rotatable bonds is 5. The highest BCUT2D eigenvalue weighted by Gasteiger charge is 2.07. The van der Waals surface area contributed by atoms with E-state index in [0.29, 0.717) is 5.95 Å². The Morgan fingerprint density at radius 3 is 2.50 bits per heavy atom. The Balaban J connectivity index is 2.14. The zero-order valence-corrected chi connectivity index (χ0v) is 12.3. The van der Waals surface area contributed by atoms with Crippen molar-refractivity contribution >= 4 is 11.8 Å².